The third-order valence-corrected chi connectivity index (χ3v) is 5.47. The monoisotopic (exact) mass is 420 g/mol. The van der Waals surface area contributed by atoms with E-state index in [0.717, 1.165) is 17.3 Å². The van der Waals surface area contributed by atoms with Crippen LogP contribution in [0.5, 0.6) is 5.88 Å². The second-order valence-electron chi connectivity index (χ2n) is 7.69. The average Bonchev–Trinajstić information content (AvgIpc) is 2.82. The summed E-state index contributed by atoms with van der Waals surface area (Å²) in [6.45, 7) is 2.99. The van der Waals surface area contributed by atoms with Crippen LogP contribution in [0.4, 0.5) is 0 Å². The first kappa shape index (κ1) is 22.9. The van der Waals surface area contributed by atoms with Gasteiger partial charge in [-0.1, -0.05) is 55.5 Å². The van der Waals surface area contributed by atoms with Crippen molar-refractivity contribution in [3.8, 4) is 5.88 Å². The number of ketones is 1. The molecule has 31 heavy (non-hydrogen) atoms. The first-order chi connectivity index (χ1) is 15.1. The van der Waals surface area contributed by atoms with Crippen molar-refractivity contribution in [1.29, 1.82) is 0 Å². The zero-order valence-electron chi connectivity index (χ0n) is 18.1. The maximum atomic E-state index is 13.4. The van der Waals surface area contributed by atoms with Gasteiger partial charge < -0.3 is 16.2 Å². The molecule has 1 heterocycles. The molecule has 0 aliphatic heterocycles. The molecular weight excluding hydrogens is 388 g/mol. The summed E-state index contributed by atoms with van der Waals surface area (Å²) >= 11 is 0. The standard InChI is InChI=1S/C25H32N4O2/c1-2-25(24(30)21(27)12-8-17-26,28-18-16-19-9-4-3-5-10-19)31-23-15-14-20-11-6-7-13-22(20)29-23/h3-7,9-11,13-15,21,28H,2,8,12,16-18,26-27H2,1H3/t21-,25?/m1/s1. The summed E-state index contributed by atoms with van der Waals surface area (Å²) in [7, 11) is 0. The van der Waals surface area contributed by atoms with E-state index in [1.165, 1.54) is 5.56 Å². The Hall–Kier alpha value is -2.80. The van der Waals surface area contributed by atoms with Crippen LogP contribution in [-0.4, -0.2) is 35.6 Å². The van der Waals surface area contributed by atoms with Crippen molar-refractivity contribution >= 4 is 16.7 Å². The predicted octanol–water partition coefficient (Wildman–Crippen LogP) is 3.19. The third kappa shape index (κ3) is 5.88. The number of nitrogens with zero attached hydrogens (tertiary/aromatic N) is 1. The molecule has 3 rings (SSSR count). The first-order valence-electron chi connectivity index (χ1n) is 10.9. The van der Waals surface area contributed by atoms with E-state index < -0.39 is 11.8 Å². The van der Waals surface area contributed by atoms with Gasteiger partial charge in [-0.25, -0.2) is 4.98 Å². The quantitative estimate of drug-likeness (QED) is 0.389. The highest BCUT2D eigenvalue weighted by molar-refractivity contribution is 5.92. The molecule has 0 aliphatic rings. The number of pyridine rings is 1. The molecule has 0 spiro atoms. The van der Waals surface area contributed by atoms with Crippen molar-refractivity contribution in [2.24, 2.45) is 11.5 Å². The van der Waals surface area contributed by atoms with Crippen LogP contribution in [0.3, 0.4) is 0 Å². The van der Waals surface area contributed by atoms with E-state index in [2.05, 4.69) is 22.4 Å². The number of aromatic nitrogens is 1. The van der Waals surface area contributed by atoms with Gasteiger partial charge in [0.1, 0.15) is 0 Å². The number of nitrogens with two attached hydrogens (primary N) is 2. The number of hydrogen-bond donors (Lipinski definition) is 3. The predicted molar refractivity (Wildman–Crippen MR) is 125 cm³/mol. The van der Waals surface area contributed by atoms with Crippen LogP contribution in [0.25, 0.3) is 10.9 Å². The lowest BCUT2D eigenvalue weighted by Gasteiger charge is -2.34. The molecule has 0 amide bonds. The molecule has 0 aliphatic carbocycles. The van der Waals surface area contributed by atoms with Crippen LogP contribution < -0.4 is 21.5 Å². The summed E-state index contributed by atoms with van der Waals surface area (Å²) in [6.07, 6.45) is 2.39. The number of Topliss-reactive ketones (excluding diaryl/α,β-unsaturated/α-hetero) is 1. The third-order valence-electron chi connectivity index (χ3n) is 5.47. The molecule has 5 N–H and O–H groups in total. The highest BCUT2D eigenvalue weighted by Gasteiger charge is 2.41. The van der Waals surface area contributed by atoms with Gasteiger partial charge in [-0.2, -0.15) is 0 Å². The molecule has 2 atom stereocenters. The van der Waals surface area contributed by atoms with Crippen LogP contribution in [-0.2, 0) is 11.2 Å². The van der Waals surface area contributed by atoms with Crippen molar-refractivity contribution in [3.63, 3.8) is 0 Å². The number of nitrogens with one attached hydrogen (secondary N) is 1. The molecule has 0 bridgehead atoms. The van der Waals surface area contributed by atoms with Crippen LogP contribution in [0.15, 0.2) is 66.7 Å². The summed E-state index contributed by atoms with van der Waals surface area (Å²) in [4.78, 5) is 18.0. The van der Waals surface area contributed by atoms with E-state index >= 15 is 0 Å². The molecule has 6 heteroatoms. The molecule has 0 saturated heterocycles. The average molecular weight is 421 g/mol. The number of hydrogen-bond acceptors (Lipinski definition) is 6. The van der Waals surface area contributed by atoms with Gasteiger partial charge >= 0.3 is 0 Å². The molecule has 164 valence electrons. The molecule has 6 nitrogen and oxygen atoms in total. The summed E-state index contributed by atoms with van der Waals surface area (Å²) < 4.78 is 6.28. The summed E-state index contributed by atoms with van der Waals surface area (Å²) in [5, 5.41) is 4.38. The van der Waals surface area contributed by atoms with Crippen molar-refractivity contribution in [2.45, 2.75) is 44.4 Å². The van der Waals surface area contributed by atoms with Gasteiger partial charge in [0, 0.05) is 24.4 Å². The first-order valence-corrected chi connectivity index (χ1v) is 10.9. The molecule has 0 fully saturated rings. The van der Waals surface area contributed by atoms with Crippen LogP contribution in [0.1, 0.15) is 31.7 Å². The molecular formula is C25H32N4O2. The van der Waals surface area contributed by atoms with E-state index in [0.29, 0.717) is 38.2 Å². The zero-order chi connectivity index (χ0) is 22.1. The summed E-state index contributed by atoms with van der Waals surface area (Å²) in [5.74, 6) is 0.221. The lowest BCUT2D eigenvalue weighted by molar-refractivity contribution is -0.140. The van der Waals surface area contributed by atoms with Gasteiger partial charge in [0.25, 0.3) is 0 Å². The Morgan fingerprint density at radius 2 is 1.84 bits per heavy atom. The highest BCUT2D eigenvalue weighted by atomic mass is 16.5. The number of rotatable bonds is 12. The summed E-state index contributed by atoms with van der Waals surface area (Å²) in [5.41, 5.74) is 12.6. The second-order valence-corrected chi connectivity index (χ2v) is 7.69. The molecule has 1 unspecified atom stereocenters. The van der Waals surface area contributed by atoms with E-state index in [4.69, 9.17) is 16.2 Å². The van der Waals surface area contributed by atoms with Crippen molar-refractivity contribution < 1.29 is 9.53 Å². The minimum absolute atomic E-state index is 0.175. The fourth-order valence-electron chi connectivity index (χ4n) is 3.65. The largest absolute Gasteiger partial charge is 0.448 e. The topological polar surface area (TPSA) is 103 Å². The Balaban J connectivity index is 1.83. The molecule has 2 aromatic carbocycles. The smallest absolute Gasteiger partial charge is 0.223 e. The Kier molecular flexibility index (Phi) is 8.12. The number of benzene rings is 2. The van der Waals surface area contributed by atoms with Gasteiger partial charge in [-0.3, -0.25) is 10.1 Å². The van der Waals surface area contributed by atoms with E-state index in [1.54, 1.807) is 6.07 Å². The van der Waals surface area contributed by atoms with Crippen LogP contribution in [0, 0.1) is 0 Å². The van der Waals surface area contributed by atoms with Crippen molar-refractivity contribution in [2.75, 3.05) is 13.1 Å². The lowest BCUT2D eigenvalue weighted by atomic mass is 9.95. The number of fused-ring (bicyclic) bond motifs is 1. The Bertz CT molecular complexity index is 979. The van der Waals surface area contributed by atoms with Crippen molar-refractivity contribution in [1.82, 2.24) is 10.3 Å². The number of carbonyl (C=O) groups excluding carboxylic acids is 1. The van der Waals surface area contributed by atoms with Gasteiger partial charge in [-0.05, 0) is 43.5 Å². The fourth-order valence-corrected chi connectivity index (χ4v) is 3.65. The number of carbonyl (C=O) groups is 1. The maximum Gasteiger partial charge on any atom is 0.223 e. The Morgan fingerprint density at radius 3 is 2.58 bits per heavy atom. The van der Waals surface area contributed by atoms with Crippen LogP contribution >= 0.6 is 0 Å². The zero-order valence-corrected chi connectivity index (χ0v) is 18.1. The van der Waals surface area contributed by atoms with Gasteiger partial charge in [-0.15, -0.1) is 0 Å². The number of para-hydroxylation sites is 1. The molecule has 0 saturated carbocycles. The summed E-state index contributed by atoms with van der Waals surface area (Å²) in [6, 6.07) is 21.0. The molecule has 0 radical (unpaired) electrons. The van der Waals surface area contributed by atoms with E-state index in [-0.39, 0.29) is 5.78 Å². The van der Waals surface area contributed by atoms with Crippen molar-refractivity contribution in [3.05, 3.63) is 72.3 Å². The van der Waals surface area contributed by atoms with Crippen LogP contribution in [0.2, 0.25) is 0 Å². The minimum Gasteiger partial charge on any atom is -0.448 e. The SMILES string of the molecule is CCC(NCCc1ccccc1)(Oc1ccc2ccccc2n1)C(=O)[C@H](N)CCCN. The Morgan fingerprint density at radius 1 is 1.10 bits per heavy atom. The fraction of sp³-hybridized carbons (Fsp3) is 0.360. The molecule has 1 aromatic heterocycles. The lowest BCUT2D eigenvalue weighted by Crippen LogP contribution is -2.61. The normalized spacial score (nSPS) is 14.2. The minimum atomic E-state index is -1.25. The van der Waals surface area contributed by atoms with Gasteiger partial charge in [0.2, 0.25) is 17.4 Å². The second kappa shape index (κ2) is 11.0. The highest BCUT2D eigenvalue weighted by Crippen LogP contribution is 2.23. The maximum absolute atomic E-state index is 13.4. The number of ether oxygens (including phenoxy) is 1. The van der Waals surface area contributed by atoms with E-state index in [9.17, 15) is 4.79 Å². The Labute approximate surface area is 184 Å². The van der Waals surface area contributed by atoms with E-state index in [1.807, 2.05) is 55.5 Å². The van der Waals surface area contributed by atoms with Gasteiger partial charge in [0.15, 0.2) is 0 Å². The van der Waals surface area contributed by atoms with Gasteiger partial charge in [0.05, 0.1) is 11.6 Å². The molecule has 3 aromatic rings.